The zero-order valence-electron chi connectivity index (χ0n) is 17.7. The molecular weight excluding hydrogens is 417 g/mol. The predicted molar refractivity (Wildman–Crippen MR) is 119 cm³/mol. The molecule has 0 radical (unpaired) electrons. The molecule has 2 aromatic carbocycles. The Balaban J connectivity index is 1.56. The molecule has 1 aliphatic rings. The van der Waals surface area contributed by atoms with E-state index < -0.39 is 11.7 Å². The second-order valence-corrected chi connectivity index (χ2v) is 7.77. The van der Waals surface area contributed by atoms with Crippen LogP contribution < -0.4 is 15.4 Å². The quantitative estimate of drug-likeness (QED) is 0.411. The summed E-state index contributed by atoms with van der Waals surface area (Å²) in [6, 6.07) is 14.6. The molecule has 3 aromatic rings. The van der Waals surface area contributed by atoms with Crippen molar-refractivity contribution >= 4 is 23.1 Å². The Morgan fingerprint density at radius 2 is 1.75 bits per heavy atom. The Morgan fingerprint density at radius 1 is 1.00 bits per heavy atom. The predicted octanol–water partition coefficient (Wildman–Crippen LogP) is 7.04. The van der Waals surface area contributed by atoms with Gasteiger partial charge in [0.1, 0.15) is 17.1 Å². The smallest absolute Gasteiger partial charge is 0.421 e. The van der Waals surface area contributed by atoms with Gasteiger partial charge in [-0.05, 0) is 55.5 Å². The topological polar surface area (TPSA) is 59.1 Å². The summed E-state index contributed by atoms with van der Waals surface area (Å²) in [6.07, 6.45) is 1.11. The van der Waals surface area contributed by atoms with E-state index in [1.807, 2.05) is 19.1 Å². The van der Waals surface area contributed by atoms with E-state index in [2.05, 4.69) is 32.7 Å². The summed E-state index contributed by atoms with van der Waals surface area (Å²) >= 11 is 0. The average molecular weight is 442 g/mol. The molecule has 32 heavy (non-hydrogen) atoms. The third kappa shape index (κ3) is 5.30. The average Bonchev–Trinajstić information content (AvgIpc) is 3.29. The lowest BCUT2D eigenvalue weighted by Gasteiger charge is -2.16. The molecule has 8 heteroatoms. The largest absolute Gasteiger partial charge is 0.494 e. The van der Waals surface area contributed by atoms with Gasteiger partial charge in [-0.2, -0.15) is 18.2 Å². The number of alkyl halides is 3. The number of nitrogens with zero attached hydrogens (tertiary/aromatic N) is 2. The highest BCUT2D eigenvalue weighted by molar-refractivity contribution is 5.64. The molecule has 168 valence electrons. The molecule has 1 aromatic heterocycles. The second kappa shape index (κ2) is 9.46. The van der Waals surface area contributed by atoms with Gasteiger partial charge in [0.25, 0.3) is 0 Å². The zero-order chi connectivity index (χ0) is 22.6. The van der Waals surface area contributed by atoms with Crippen molar-refractivity contribution in [3.63, 3.8) is 0 Å². The molecule has 0 spiro atoms. The highest BCUT2D eigenvalue weighted by Gasteiger charge is 2.35. The van der Waals surface area contributed by atoms with Crippen LogP contribution in [0.1, 0.15) is 49.7 Å². The molecule has 4 rings (SSSR count). The van der Waals surface area contributed by atoms with Gasteiger partial charge in [-0.25, -0.2) is 4.98 Å². The molecule has 0 amide bonds. The third-order valence-electron chi connectivity index (χ3n) is 5.50. The number of aromatic nitrogens is 2. The van der Waals surface area contributed by atoms with Crippen LogP contribution in [0.25, 0.3) is 0 Å². The van der Waals surface area contributed by atoms with Crippen molar-refractivity contribution in [3.8, 4) is 5.75 Å². The van der Waals surface area contributed by atoms with Crippen LogP contribution in [-0.4, -0.2) is 16.6 Å². The van der Waals surface area contributed by atoms with E-state index in [4.69, 9.17) is 4.74 Å². The first-order valence-electron chi connectivity index (χ1n) is 10.7. The normalized spacial score (nSPS) is 14.4. The van der Waals surface area contributed by atoms with Crippen LogP contribution in [0.15, 0.2) is 54.7 Å². The van der Waals surface area contributed by atoms with Crippen molar-refractivity contribution in [2.45, 2.75) is 44.7 Å². The van der Waals surface area contributed by atoms with Gasteiger partial charge in [-0.3, -0.25) is 0 Å². The highest BCUT2D eigenvalue weighted by atomic mass is 19.4. The summed E-state index contributed by atoms with van der Waals surface area (Å²) in [4.78, 5) is 7.99. The highest BCUT2D eigenvalue weighted by Crippen LogP contribution is 2.36. The monoisotopic (exact) mass is 442 g/mol. The fourth-order valence-electron chi connectivity index (χ4n) is 3.94. The molecule has 2 N–H and O–H groups in total. The van der Waals surface area contributed by atoms with E-state index in [9.17, 15) is 13.2 Å². The third-order valence-corrected chi connectivity index (χ3v) is 5.50. The summed E-state index contributed by atoms with van der Waals surface area (Å²) in [6.45, 7) is 2.29. The number of ether oxygens (including phenoxy) is 1. The lowest BCUT2D eigenvalue weighted by Crippen LogP contribution is -2.12. The van der Waals surface area contributed by atoms with Gasteiger partial charge in [-0.1, -0.05) is 31.0 Å². The van der Waals surface area contributed by atoms with E-state index in [0.29, 0.717) is 24.0 Å². The number of hydrogen-bond donors (Lipinski definition) is 2. The van der Waals surface area contributed by atoms with Crippen molar-refractivity contribution in [2.75, 3.05) is 17.2 Å². The number of anilines is 4. The van der Waals surface area contributed by atoms with Gasteiger partial charge in [0.2, 0.25) is 5.95 Å². The molecule has 5 nitrogen and oxygen atoms in total. The minimum atomic E-state index is -4.60. The van der Waals surface area contributed by atoms with E-state index in [-0.39, 0.29) is 11.8 Å². The van der Waals surface area contributed by atoms with Gasteiger partial charge in [0.15, 0.2) is 0 Å². The minimum absolute atomic E-state index is 0.0788. The van der Waals surface area contributed by atoms with Crippen LogP contribution in [0.3, 0.4) is 0 Å². The van der Waals surface area contributed by atoms with Gasteiger partial charge in [-0.15, -0.1) is 0 Å². The molecule has 0 aliphatic heterocycles. The lowest BCUT2D eigenvalue weighted by molar-refractivity contribution is -0.137. The standard InChI is InChI=1S/C24H25F3N4O/c1-2-32-20-9-5-8-19(14-20)29-22-21(24(25,26)27)15-28-23(31-22)30-18-12-10-17(11-13-18)16-6-3-4-7-16/h5,8-16H,2-4,6-7H2,1H3,(H2,28,29,30,31). The van der Waals surface area contributed by atoms with E-state index >= 15 is 0 Å². The summed E-state index contributed by atoms with van der Waals surface area (Å²) in [5.74, 6) is 0.900. The molecule has 1 aliphatic carbocycles. The van der Waals surface area contributed by atoms with Crippen LogP contribution in [0, 0.1) is 0 Å². The fourth-order valence-corrected chi connectivity index (χ4v) is 3.94. The fraction of sp³-hybridized carbons (Fsp3) is 0.333. The first-order valence-corrected chi connectivity index (χ1v) is 10.7. The maximum absolute atomic E-state index is 13.5. The Labute approximate surface area is 185 Å². The maximum atomic E-state index is 13.5. The Morgan fingerprint density at radius 3 is 2.44 bits per heavy atom. The maximum Gasteiger partial charge on any atom is 0.421 e. The minimum Gasteiger partial charge on any atom is -0.494 e. The summed E-state index contributed by atoms with van der Waals surface area (Å²) in [7, 11) is 0. The molecule has 1 fully saturated rings. The van der Waals surface area contributed by atoms with Crippen molar-refractivity contribution in [1.29, 1.82) is 0 Å². The first-order chi connectivity index (χ1) is 15.4. The molecule has 1 saturated carbocycles. The molecule has 0 saturated heterocycles. The van der Waals surface area contributed by atoms with Crippen LogP contribution in [0.5, 0.6) is 5.75 Å². The SMILES string of the molecule is CCOc1cccc(Nc2nc(Nc3ccc(C4CCCC4)cc3)ncc2C(F)(F)F)c1. The molecular formula is C24H25F3N4O. The number of nitrogens with one attached hydrogen (secondary N) is 2. The summed E-state index contributed by atoms with van der Waals surface area (Å²) in [5.41, 5.74) is 1.50. The van der Waals surface area contributed by atoms with E-state index in [1.165, 1.54) is 31.2 Å². The molecule has 0 bridgehead atoms. The Bertz CT molecular complexity index is 1050. The zero-order valence-corrected chi connectivity index (χ0v) is 17.7. The van der Waals surface area contributed by atoms with Gasteiger partial charge in [0.05, 0.1) is 6.61 Å². The first kappa shape index (κ1) is 21.9. The van der Waals surface area contributed by atoms with E-state index in [0.717, 1.165) is 11.9 Å². The number of benzene rings is 2. The van der Waals surface area contributed by atoms with Crippen molar-refractivity contribution in [3.05, 3.63) is 65.9 Å². The Kier molecular flexibility index (Phi) is 6.48. The lowest BCUT2D eigenvalue weighted by atomic mass is 9.98. The van der Waals surface area contributed by atoms with Crippen molar-refractivity contribution in [1.82, 2.24) is 9.97 Å². The van der Waals surface area contributed by atoms with Gasteiger partial charge in [0, 0.05) is 23.6 Å². The molecule has 0 atom stereocenters. The van der Waals surface area contributed by atoms with Crippen molar-refractivity contribution in [2.24, 2.45) is 0 Å². The number of rotatable bonds is 7. The second-order valence-electron chi connectivity index (χ2n) is 7.77. The van der Waals surface area contributed by atoms with Gasteiger partial charge < -0.3 is 15.4 Å². The summed E-state index contributed by atoms with van der Waals surface area (Å²) < 4.78 is 46.0. The summed E-state index contributed by atoms with van der Waals surface area (Å²) in [5, 5.41) is 5.76. The molecule has 1 heterocycles. The Hall–Kier alpha value is -3.29. The molecule has 0 unspecified atom stereocenters. The van der Waals surface area contributed by atoms with Crippen molar-refractivity contribution < 1.29 is 17.9 Å². The number of halogens is 3. The van der Waals surface area contributed by atoms with Crippen LogP contribution in [0.4, 0.5) is 36.3 Å². The van der Waals surface area contributed by atoms with Gasteiger partial charge >= 0.3 is 6.18 Å². The number of hydrogen-bond acceptors (Lipinski definition) is 5. The van der Waals surface area contributed by atoms with E-state index in [1.54, 1.807) is 24.3 Å². The van der Waals surface area contributed by atoms with Crippen LogP contribution in [-0.2, 0) is 6.18 Å². The van der Waals surface area contributed by atoms with Crippen LogP contribution in [0.2, 0.25) is 0 Å². The van der Waals surface area contributed by atoms with Crippen LogP contribution >= 0.6 is 0 Å².